The molecule has 0 radical (unpaired) electrons. The van der Waals surface area contributed by atoms with Crippen molar-refractivity contribution < 1.29 is 17.8 Å². The lowest BCUT2D eigenvalue weighted by molar-refractivity contribution is -0.114. The SMILES string of the molecule is CC(=O)Nc1nc(C)c(-c2cncc(S(=O)(=O)O)c2)s1. The lowest BCUT2D eigenvalue weighted by atomic mass is 10.2. The molecule has 106 valence electrons. The first-order valence-electron chi connectivity index (χ1n) is 5.45. The Bertz CT molecular complexity index is 768. The van der Waals surface area contributed by atoms with E-state index < -0.39 is 10.1 Å². The van der Waals surface area contributed by atoms with Crippen LogP contribution >= 0.6 is 11.3 Å². The van der Waals surface area contributed by atoms with E-state index in [1.54, 1.807) is 6.92 Å². The highest BCUT2D eigenvalue weighted by Gasteiger charge is 2.15. The van der Waals surface area contributed by atoms with Crippen LogP contribution in [0.2, 0.25) is 0 Å². The van der Waals surface area contributed by atoms with Crippen molar-refractivity contribution in [3.05, 3.63) is 24.2 Å². The van der Waals surface area contributed by atoms with Gasteiger partial charge in [-0.2, -0.15) is 8.42 Å². The van der Waals surface area contributed by atoms with Gasteiger partial charge in [0.2, 0.25) is 5.91 Å². The number of aromatic nitrogens is 2. The smallest absolute Gasteiger partial charge is 0.296 e. The molecular weight excluding hydrogens is 302 g/mol. The molecule has 0 atom stereocenters. The molecule has 0 fully saturated rings. The van der Waals surface area contributed by atoms with Crippen molar-refractivity contribution in [3.8, 4) is 10.4 Å². The third-order valence-electron chi connectivity index (χ3n) is 2.35. The number of hydrogen-bond acceptors (Lipinski definition) is 6. The summed E-state index contributed by atoms with van der Waals surface area (Å²) in [5, 5.41) is 2.98. The second-order valence-corrected chi connectivity index (χ2v) is 6.42. The summed E-state index contributed by atoms with van der Waals surface area (Å²) in [7, 11) is -4.31. The van der Waals surface area contributed by atoms with E-state index in [0.717, 1.165) is 6.20 Å². The molecule has 0 bridgehead atoms. The summed E-state index contributed by atoms with van der Waals surface area (Å²) in [4.78, 5) is 19.3. The number of anilines is 1. The molecule has 20 heavy (non-hydrogen) atoms. The number of carbonyl (C=O) groups excluding carboxylic acids is 1. The Morgan fingerprint density at radius 3 is 2.70 bits per heavy atom. The molecule has 0 unspecified atom stereocenters. The summed E-state index contributed by atoms with van der Waals surface area (Å²) in [6, 6.07) is 1.31. The molecular formula is C11H11N3O4S2. The maximum atomic E-state index is 11.1. The first-order valence-corrected chi connectivity index (χ1v) is 7.71. The minimum absolute atomic E-state index is 0.241. The normalized spacial score (nSPS) is 11.3. The molecule has 0 saturated carbocycles. The van der Waals surface area contributed by atoms with E-state index in [-0.39, 0.29) is 10.8 Å². The molecule has 0 aliphatic carbocycles. The third-order valence-corrected chi connectivity index (χ3v) is 4.29. The van der Waals surface area contributed by atoms with Crippen LogP contribution in [0.1, 0.15) is 12.6 Å². The quantitative estimate of drug-likeness (QED) is 0.835. The second kappa shape index (κ2) is 5.27. The lowest BCUT2D eigenvalue weighted by Gasteiger charge is -2.00. The van der Waals surface area contributed by atoms with Crippen molar-refractivity contribution >= 4 is 32.5 Å². The Labute approximate surface area is 119 Å². The van der Waals surface area contributed by atoms with Gasteiger partial charge in [-0.3, -0.25) is 14.3 Å². The number of thiazole rings is 1. The second-order valence-electron chi connectivity index (χ2n) is 4.00. The van der Waals surface area contributed by atoms with Crippen LogP contribution < -0.4 is 5.32 Å². The van der Waals surface area contributed by atoms with Crippen molar-refractivity contribution in [3.63, 3.8) is 0 Å². The van der Waals surface area contributed by atoms with Crippen LogP contribution in [-0.2, 0) is 14.9 Å². The molecule has 2 heterocycles. The molecule has 2 aromatic rings. The number of pyridine rings is 1. The fourth-order valence-corrected chi connectivity index (χ4v) is 3.02. The zero-order valence-corrected chi connectivity index (χ0v) is 12.2. The van der Waals surface area contributed by atoms with Gasteiger partial charge in [-0.05, 0) is 13.0 Å². The van der Waals surface area contributed by atoms with Gasteiger partial charge in [-0.15, -0.1) is 0 Å². The molecule has 0 aliphatic heterocycles. The molecule has 1 amide bonds. The monoisotopic (exact) mass is 313 g/mol. The van der Waals surface area contributed by atoms with E-state index in [4.69, 9.17) is 4.55 Å². The van der Waals surface area contributed by atoms with E-state index >= 15 is 0 Å². The van der Waals surface area contributed by atoms with Crippen molar-refractivity contribution in [2.45, 2.75) is 18.7 Å². The lowest BCUT2D eigenvalue weighted by Crippen LogP contribution is -2.04. The zero-order chi connectivity index (χ0) is 14.9. The molecule has 9 heteroatoms. The first kappa shape index (κ1) is 14.6. The summed E-state index contributed by atoms with van der Waals surface area (Å²) >= 11 is 1.20. The van der Waals surface area contributed by atoms with Crippen molar-refractivity contribution in [2.24, 2.45) is 0 Å². The van der Waals surface area contributed by atoms with E-state index in [1.165, 1.54) is 30.5 Å². The number of amides is 1. The third kappa shape index (κ3) is 3.18. The van der Waals surface area contributed by atoms with E-state index in [2.05, 4.69) is 15.3 Å². The van der Waals surface area contributed by atoms with Crippen molar-refractivity contribution in [1.82, 2.24) is 9.97 Å². The van der Waals surface area contributed by atoms with Gasteiger partial charge in [-0.25, -0.2) is 4.98 Å². The van der Waals surface area contributed by atoms with Crippen LogP contribution in [0.4, 0.5) is 5.13 Å². The Morgan fingerprint density at radius 1 is 1.40 bits per heavy atom. The van der Waals surface area contributed by atoms with E-state index in [9.17, 15) is 13.2 Å². The van der Waals surface area contributed by atoms with Gasteiger partial charge in [0.25, 0.3) is 10.1 Å². The predicted molar refractivity (Wildman–Crippen MR) is 74.2 cm³/mol. The molecule has 0 aliphatic rings. The van der Waals surface area contributed by atoms with Crippen molar-refractivity contribution in [1.29, 1.82) is 0 Å². The average molecular weight is 313 g/mol. The van der Waals surface area contributed by atoms with Gasteiger partial charge in [0, 0.05) is 24.9 Å². The molecule has 2 rings (SSSR count). The average Bonchev–Trinajstić information content (AvgIpc) is 2.68. The predicted octanol–water partition coefficient (Wildman–Crippen LogP) is 1.72. The van der Waals surface area contributed by atoms with Crippen LogP contribution in [0, 0.1) is 6.92 Å². The standard InChI is InChI=1S/C11H11N3O4S2/c1-6-10(19-11(13-6)14-7(2)15)8-3-9(5-12-4-8)20(16,17)18/h3-5H,1-2H3,(H,13,14,15)(H,16,17,18). The van der Waals surface area contributed by atoms with Crippen LogP contribution in [0.5, 0.6) is 0 Å². The zero-order valence-electron chi connectivity index (χ0n) is 10.6. The summed E-state index contributed by atoms with van der Waals surface area (Å²) in [6.45, 7) is 3.11. The molecule has 2 aromatic heterocycles. The molecule has 0 aromatic carbocycles. The van der Waals surface area contributed by atoms with E-state index in [0.29, 0.717) is 21.3 Å². The summed E-state index contributed by atoms with van der Waals surface area (Å²) in [6.07, 6.45) is 2.52. The van der Waals surface area contributed by atoms with Crippen LogP contribution in [-0.4, -0.2) is 28.8 Å². The Kier molecular flexibility index (Phi) is 3.84. The number of hydrogen-bond donors (Lipinski definition) is 2. The first-order chi connectivity index (χ1) is 9.27. The number of rotatable bonds is 3. The van der Waals surface area contributed by atoms with Crippen LogP contribution in [0.25, 0.3) is 10.4 Å². The highest BCUT2D eigenvalue weighted by atomic mass is 32.2. The molecule has 2 N–H and O–H groups in total. The fraction of sp³-hybridized carbons (Fsp3) is 0.182. The van der Waals surface area contributed by atoms with Gasteiger partial charge in [0.1, 0.15) is 4.90 Å². The number of carbonyl (C=O) groups is 1. The molecule has 7 nitrogen and oxygen atoms in total. The molecule has 0 saturated heterocycles. The molecule has 0 spiro atoms. The Hall–Kier alpha value is -1.84. The summed E-state index contributed by atoms with van der Waals surface area (Å²) < 4.78 is 31.2. The maximum absolute atomic E-state index is 11.1. The van der Waals surface area contributed by atoms with Gasteiger partial charge in [-0.1, -0.05) is 11.3 Å². The van der Waals surface area contributed by atoms with Crippen molar-refractivity contribution in [2.75, 3.05) is 5.32 Å². The Balaban J connectivity index is 2.47. The summed E-state index contributed by atoms with van der Waals surface area (Å²) in [5.74, 6) is -0.241. The van der Waals surface area contributed by atoms with Crippen LogP contribution in [0.3, 0.4) is 0 Å². The topological polar surface area (TPSA) is 109 Å². The summed E-state index contributed by atoms with van der Waals surface area (Å²) in [5.41, 5.74) is 1.14. The number of nitrogens with zero attached hydrogens (tertiary/aromatic N) is 2. The number of aryl methyl sites for hydroxylation is 1. The maximum Gasteiger partial charge on any atom is 0.296 e. The minimum atomic E-state index is -4.31. The van der Waals surface area contributed by atoms with Gasteiger partial charge < -0.3 is 5.32 Å². The van der Waals surface area contributed by atoms with Gasteiger partial charge in [0.15, 0.2) is 5.13 Å². The highest BCUT2D eigenvalue weighted by Crippen LogP contribution is 2.33. The van der Waals surface area contributed by atoms with Crippen LogP contribution in [0.15, 0.2) is 23.4 Å². The highest BCUT2D eigenvalue weighted by molar-refractivity contribution is 7.85. The fourth-order valence-electron chi connectivity index (χ4n) is 1.55. The largest absolute Gasteiger partial charge is 0.302 e. The van der Waals surface area contributed by atoms with Gasteiger partial charge in [0.05, 0.1) is 10.6 Å². The Morgan fingerprint density at radius 2 is 2.10 bits per heavy atom. The van der Waals surface area contributed by atoms with Gasteiger partial charge >= 0.3 is 0 Å². The minimum Gasteiger partial charge on any atom is -0.302 e. The number of nitrogens with one attached hydrogen (secondary N) is 1. The van der Waals surface area contributed by atoms with E-state index in [1.807, 2.05) is 0 Å².